The monoisotopic (exact) mass is 1330 g/mol. The van der Waals surface area contributed by atoms with Crippen LogP contribution >= 0.6 is 68.0 Å². The Morgan fingerprint density at radius 2 is 0.841 bits per heavy atom. The van der Waals surface area contributed by atoms with Crippen LogP contribution in [0, 0.1) is 85.0 Å². The molecule has 0 saturated heterocycles. The molecular formula is C69H99NO12S6. The highest BCUT2D eigenvalue weighted by atomic mass is 32.1. The first-order valence-corrected chi connectivity index (χ1v) is 36.0. The van der Waals surface area contributed by atoms with Crippen LogP contribution in [-0.2, 0) is 65.6 Å². The van der Waals surface area contributed by atoms with Gasteiger partial charge in [0, 0.05) is 97.1 Å². The zero-order valence-corrected chi connectivity index (χ0v) is 58.8. The van der Waals surface area contributed by atoms with E-state index in [4.69, 9.17) is 36.0 Å². The van der Waals surface area contributed by atoms with Crippen LogP contribution in [0.1, 0.15) is 190 Å². The molecule has 7 N–H and O–H groups in total. The standard InChI is InChI=1S/C20H20O4S3.C18H28O4S.C17H29NO2S.C14H22O2S/c1-12-3-5-16(25-12)20-15(4-6-19(22)23)10-18(27-20)17-9-14(13(2)26-17)7-8-24-11-21;1-4-14(10-17(19)20)9-15(11-18(21)22)6-5-7-16-8-12(2)23-13(16)3;1-4-14(11-18)9-15(10-17(19)20)6-5-7-16-8-12(2)21-13(16)3;1-4-12(9-14(15)16)6-5-7-13-8-10(2)17-11(13)3/h3,5,9-11H,4,6-8H2,1-2H3,(H,22,23);8,14-15H,4-7,9-11H2,1-3H3,(H,19,20)(H,21,22);8,14-15H,4-7,9-11,18H2,1-3H3,(H,19,20);8,12H,4-7,9H2,1-3H3,(H,15,16). The topological polar surface area (TPSA) is 239 Å². The number of carbonyl (C=O) groups excluding carboxylic acids is 1. The molecule has 6 aromatic heterocycles. The molecule has 13 nitrogen and oxygen atoms in total. The molecule has 0 bridgehead atoms. The number of thiophene rings is 6. The predicted octanol–water partition coefficient (Wildman–Crippen LogP) is 18.6. The Morgan fingerprint density at radius 3 is 1.23 bits per heavy atom. The van der Waals surface area contributed by atoms with Gasteiger partial charge in [0.1, 0.15) is 0 Å². The highest BCUT2D eigenvalue weighted by Crippen LogP contribution is 2.44. The van der Waals surface area contributed by atoms with Crippen molar-refractivity contribution in [3.8, 4) is 19.5 Å². The highest BCUT2D eigenvalue weighted by molar-refractivity contribution is 7.26. The summed E-state index contributed by atoms with van der Waals surface area (Å²) in [5.41, 5.74) is 12.3. The fourth-order valence-electron chi connectivity index (χ4n) is 11.2. The predicted molar refractivity (Wildman–Crippen MR) is 368 cm³/mol. The van der Waals surface area contributed by atoms with Gasteiger partial charge in [-0.05, 0) is 239 Å². The van der Waals surface area contributed by atoms with Crippen molar-refractivity contribution in [3.05, 3.63) is 109 Å². The molecule has 6 rings (SSSR count). The van der Waals surface area contributed by atoms with E-state index in [2.05, 4.69) is 112 Å². The van der Waals surface area contributed by atoms with Gasteiger partial charge in [-0.25, -0.2) is 0 Å². The van der Waals surface area contributed by atoms with Gasteiger partial charge in [0.05, 0.1) is 6.61 Å². The first-order chi connectivity index (χ1) is 41.8. The second-order valence-corrected chi connectivity index (χ2v) is 31.3. The molecule has 0 saturated carbocycles. The summed E-state index contributed by atoms with van der Waals surface area (Å²) in [5.74, 6) is -2.52. The Balaban J connectivity index is 0.000000311. The van der Waals surface area contributed by atoms with Crippen molar-refractivity contribution in [2.75, 3.05) is 13.2 Å². The first kappa shape index (κ1) is 77.2. The lowest BCUT2D eigenvalue weighted by atomic mass is 9.85. The van der Waals surface area contributed by atoms with Crippen LogP contribution < -0.4 is 5.73 Å². The fraction of sp³-hybridized carbons (Fsp3) is 0.565. The Kier molecular flexibility index (Phi) is 36.3. The second kappa shape index (κ2) is 41.4. The van der Waals surface area contributed by atoms with Gasteiger partial charge in [-0.2, -0.15) is 0 Å². The molecule has 5 atom stereocenters. The van der Waals surface area contributed by atoms with Gasteiger partial charge in [0.15, 0.2) is 0 Å². The maximum absolute atomic E-state index is 11.1. The number of ether oxygens (including phenoxy) is 1. The summed E-state index contributed by atoms with van der Waals surface area (Å²) in [6.07, 6.45) is 15.8. The summed E-state index contributed by atoms with van der Waals surface area (Å²) in [7, 11) is 0. The second-order valence-electron chi connectivity index (χ2n) is 23.3. The van der Waals surface area contributed by atoms with Crippen molar-refractivity contribution in [3.63, 3.8) is 0 Å². The molecular weight excluding hydrogens is 1230 g/mol. The number of carboxylic acids is 5. The van der Waals surface area contributed by atoms with Crippen molar-refractivity contribution in [2.45, 2.75) is 211 Å². The van der Waals surface area contributed by atoms with Gasteiger partial charge in [-0.15, -0.1) is 68.0 Å². The third kappa shape index (κ3) is 29.7. The van der Waals surface area contributed by atoms with E-state index in [1.165, 1.54) is 75.9 Å². The number of hydrogen-bond donors (Lipinski definition) is 6. The lowest BCUT2D eigenvalue weighted by Crippen LogP contribution is -2.19. The Morgan fingerprint density at radius 1 is 0.443 bits per heavy atom. The van der Waals surface area contributed by atoms with Gasteiger partial charge < -0.3 is 36.0 Å². The maximum Gasteiger partial charge on any atom is 0.303 e. The third-order valence-corrected chi connectivity index (χ3v) is 22.7. The number of aliphatic carboxylic acids is 5. The molecule has 19 heteroatoms. The molecule has 0 aliphatic carbocycles. The lowest BCUT2D eigenvalue weighted by Gasteiger charge is -2.20. The Hall–Kier alpha value is -5.02. The van der Waals surface area contributed by atoms with E-state index in [9.17, 15) is 28.8 Å². The minimum atomic E-state index is -0.796. The summed E-state index contributed by atoms with van der Waals surface area (Å²) in [5, 5.41) is 45.0. The number of aryl methyl sites for hydroxylation is 12. The summed E-state index contributed by atoms with van der Waals surface area (Å²) in [6, 6.07) is 15.2. The summed E-state index contributed by atoms with van der Waals surface area (Å²) in [4.78, 5) is 80.4. The Labute approximate surface area is 547 Å². The SMILES string of the molecule is CCC(CC(=O)O)CC(CCCc1cc(C)sc1C)CC(=O)O.CCC(CCCc1cc(C)sc1C)CC(=O)O.CCC(CN)CC(CCCc1cc(C)sc1C)CC(=O)O.Cc1ccc(-c2sc(-c3cc(CCOC=O)c(C)s3)cc2CCC(=O)O)s1. The average molecular weight is 1330 g/mol. The molecule has 0 amide bonds. The molecule has 0 spiro atoms. The van der Waals surface area contributed by atoms with Gasteiger partial charge in [-0.1, -0.05) is 40.0 Å². The highest BCUT2D eigenvalue weighted by Gasteiger charge is 2.22. The Bertz CT molecular complexity index is 3060. The van der Waals surface area contributed by atoms with Crippen LogP contribution in [-0.4, -0.2) is 75.0 Å². The summed E-state index contributed by atoms with van der Waals surface area (Å²) >= 11 is 10.7. The first-order valence-electron chi connectivity index (χ1n) is 31.1. The van der Waals surface area contributed by atoms with E-state index < -0.39 is 29.8 Å². The molecule has 0 radical (unpaired) electrons. The lowest BCUT2D eigenvalue weighted by molar-refractivity contribution is -0.140. The van der Waals surface area contributed by atoms with E-state index in [0.717, 1.165) is 93.9 Å². The van der Waals surface area contributed by atoms with Crippen molar-refractivity contribution in [1.29, 1.82) is 0 Å². The van der Waals surface area contributed by atoms with E-state index in [0.29, 0.717) is 57.1 Å². The molecule has 0 aliphatic heterocycles. The average Bonchev–Trinajstić information content (AvgIpc) is 1.98. The van der Waals surface area contributed by atoms with E-state index in [-0.39, 0.29) is 43.4 Å². The van der Waals surface area contributed by atoms with Gasteiger partial charge in [0.2, 0.25) is 0 Å². The zero-order valence-electron chi connectivity index (χ0n) is 53.9. The van der Waals surface area contributed by atoms with Gasteiger partial charge in [-0.3, -0.25) is 28.8 Å². The van der Waals surface area contributed by atoms with E-state index in [1.54, 1.807) is 45.3 Å². The van der Waals surface area contributed by atoms with Crippen LogP contribution in [0.3, 0.4) is 0 Å². The quantitative estimate of drug-likeness (QED) is 0.0157. The largest absolute Gasteiger partial charge is 0.481 e. The summed E-state index contributed by atoms with van der Waals surface area (Å²) < 4.78 is 4.82. The van der Waals surface area contributed by atoms with E-state index in [1.807, 2.05) is 29.6 Å². The maximum atomic E-state index is 11.1. The molecule has 88 heavy (non-hydrogen) atoms. The van der Waals surface area contributed by atoms with E-state index >= 15 is 0 Å². The molecule has 0 aromatic carbocycles. The molecule has 6 aromatic rings. The molecule has 5 unspecified atom stereocenters. The molecule has 6 heterocycles. The van der Waals surface area contributed by atoms with Gasteiger partial charge in [0.25, 0.3) is 6.47 Å². The number of nitrogens with two attached hydrogens (primary N) is 1. The summed E-state index contributed by atoms with van der Waals surface area (Å²) in [6.45, 7) is 24.7. The zero-order chi connectivity index (χ0) is 65.5. The number of rotatable bonds is 37. The number of carboxylic acid groups (broad SMARTS) is 5. The number of carbonyl (C=O) groups is 6. The van der Waals surface area contributed by atoms with Gasteiger partial charge >= 0.3 is 29.8 Å². The molecule has 488 valence electrons. The third-order valence-electron chi connectivity index (χ3n) is 16.1. The van der Waals surface area contributed by atoms with Crippen LogP contribution in [0.25, 0.3) is 19.5 Å². The van der Waals surface area contributed by atoms with Crippen LogP contribution in [0.5, 0.6) is 0 Å². The molecule has 0 fully saturated rings. The van der Waals surface area contributed by atoms with Crippen LogP contribution in [0.4, 0.5) is 0 Å². The smallest absolute Gasteiger partial charge is 0.303 e. The van der Waals surface area contributed by atoms with Crippen molar-refractivity contribution in [1.82, 2.24) is 0 Å². The minimum absolute atomic E-state index is 0.0665. The van der Waals surface area contributed by atoms with Crippen LogP contribution in [0.15, 0.2) is 42.5 Å². The van der Waals surface area contributed by atoms with Crippen molar-refractivity contribution >= 4 is 104 Å². The minimum Gasteiger partial charge on any atom is -0.481 e. The van der Waals surface area contributed by atoms with Crippen LogP contribution in [0.2, 0.25) is 0 Å². The van der Waals surface area contributed by atoms with Crippen molar-refractivity contribution in [2.24, 2.45) is 35.3 Å². The number of hydrogen-bond acceptors (Lipinski definition) is 14. The molecule has 0 aliphatic rings. The normalized spacial score (nSPS) is 12.7. The fourth-order valence-corrected chi connectivity index (χ4v) is 17.5. The van der Waals surface area contributed by atoms with Crippen molar-refractivity contribution < 1.29 is 59.0 Å².